The molecule has 0 aromatic heterocycles. The van der Waals surface area contributed by atoms with E-state index in [9.17, 15) is 0 Å². The van der Waals surface area contributed by atoms with Gasteiger partial charge in [-0.05, 0) is 83.1 Å². The maximum Gasteiger partial charge on any atom is 0.453 e. The molecule has 0 atom stereocenters. The van der Waals surface area contributed by atoms with Crippen molar-refractivity contribution in [2.45, 2.75) is 13.8 Å². The van der Waals surface area contributed by atoms with Gasteiger partial charge in [-0.3, -0.25) is 0 Å². The number of rotatable bonds is 4. The van der Waals surface area contributed by atoms with Crippen LogP contribution >= 0.6 is 64.4 Å². The quantitative estimate of drug-likeness (QED) is 0.400. The molecule has 0 unspecified atom stereocenters. The van der Waals surface area contributed by atoms with E-state index in [-0.39, 0.29) is 0 Å². The van der Waals surface area contributed by atoms with Crippen LogP contribution in [0.3, 0.4) is 0 Å². The number of hydrogen-bond donors (Lipinski definition) is 0. The molecular formula is C14H14Cl4N3O2P3. The average Bonchev–Trinajstić information content (AvgIpc) is 2.49. The Morgan fingerprint density at radius 1 is 0.615 bits per heavy atom. The highest BCUT2D eigenvalue weighted by atomic mass is 35.9. The zero-order chi connectivity index (χ0) is 19.0. The Morgan fingerprint density at radius 3 is 1.38 bits per heavy atom. The minimum absolute atomic E-state index is 0.493. The summed E-state index contributed by atoms with van der Waals surface area (Å²) in [5.74, 6) is -5.39. The second-order valence-electron chi connectivity index (χ2n) is 5.48. The third kappa shape index (κ3) is 5.46. The smallest absolute Gasteiger partial charge is 0.414 e. The van der Waals surface area contributed by atoms with Gasteiger partial charge in [-0.1, -0.05) is 35.4 Å². The van der Waals surface area contributed by atoms with Crippen molar-refractivity contribution in [3.63, 3.8) is 0 Å². The van der Waals surface area contributed by atoms with Crippen LogP contribution in [0.4, 0.5) is 0 Å². The molecule has 0 saturated heterocycles. The third-order valence-corrected chi connectivity index (χ3v) is 14.2. The highest BCUT2D eigenvalue weighted by Crippen LogP contribution is 2.85. The van der Waals surface area contributed by atoms with E-state index < -0.39 is 19.5 Å². The first-order valence-corrected chi connectivity index (χ1v) is 15.8. The molecule has 1 aliphatic heterocycles. The Labute approximate surface area is 171 Å². The molecule has 0 spiro atoms. The monoisotopic (exact) mass is 489 g/mol. The van der Waals surface area contributed by atoms with E-state index in [2.05, 4.69) is 13.5 Å². The molecule has 1 aliphatic rings. The van der Waals surface area contributed by atoms with Crippen LogP contribution in [0, 0.1) is 13.8 Å². The number of aryl methyl sites for hydroxylation is 2. The predicted octanol–water partition coefficient (Wildman–Crippen LogP) is 9.57. The lowest BCUT2D eigenvalue weighted by Gasteiger charge is -2.26. The van der Waals surface area contributed by atoms with Crippen molar-refractivity contribution in [2.24, 2.45) is 13.5 Å². The molecule has 1 heterocycles. The minimum atomic E-state index is -3.38. The Morgan fingerprint density at radius 2 is 1.00 bits per heavy atom. The average molecular weight is 491 g/mol. The molecule has 2 aromatic rings. The molecule has 0 radical (unpaired) electrons. The summed E-state index contributed by atoms with van der Waals surface area (Å²) in [6.07, 6.45) is 0. The van der Waals surface area contributed by atoms with Crippen LogP contribution in [-0.2, 0) is 0 Å². The van der Waals surface area contributed by atoms with Crippen molar-refractivity contribution in [3.05, 3.63) is 59.7 Å². The van der Waals surface area contributed by atoms with E-state index in [1.807, 2.05) is 38.1 Å². The molecule has 5 nitrogen and oxygen atoms in total. The summed E-state index contributed by atoms with van der Waals surface area (Å²) in [6.45, 7) is 3.93. The standard InChI is InChI=1S/C14H14Cl4N3O2P3/c1-11-3-7-13(8-4-11)22-26(23-14-9-5-12(2)6-10-14)20-24(15,16)19-25(17,18)21-26/h3-10H,1-2H3. The van der Waals surface area contributed by atoms with Gasteiger partial charge in [0.15, 0.2) is 0 Å². The van der Waals surface area contributed by atoms with Gasteiger partial charge >= 0.3 is 7.66 Å². The highest BCUT2D eigenvalue weighted by molar-refractivity contribution is 8.20. The zero-order valence-electron chi connectivity index (χ0n) is 13.6. The fourth-order valence-corrected chi connectivity index (χ4v) is 15.9. The lowest BCUT2D eigenvalue weighted by molar-refractivity contribution is 0.478. The van der Waals surface area contributed by atoms with Crippen LogP contribution in [0.5, 0.6) is 11.5 Å². The molecule has 0 amide bonds. The summed E-state index contributed by atoms with van der Waals surface area (Å²) < 4.78 is 24.6. The van der Waals surface area contributed by atoms with Crippen molar-refractivity contribution in [2.75, 3.05) is 0 Å². The molecule has 0 fully saturated rings. The Kier molecular flexibility index (Phi) is 6.12. The van der Waals surface area contributed by atoms with Crippen molar-refractivity contribution in [1.29, 1.82) is 0 Å². The van der Waals surface area contributed by atoms with Crippen molar-refractivity contribution in [1.82, 2.24) is 0 Å². The number of nitrogens with zero attached hydrogens (tertiary/aromatic N) is 3. The molecule has 140 valence electrons. The molecule has 26 heavy (non-hydrogen) atoms. The van der Waals surface area contributed by atoms with Crippen LogP contribution in [0.2, 0.25) is 0 Å². The summed E-state index contributed by atoms with van der Waals surface area (Å²) in [6, 6.07) is 14.7. The predicted molar refractivity (Wildman–Crippen MR) is 115 cm³/mol. The third-order valence-electron chi connectivity index (χ3n) is 3.15. The van der Waals surface area contributed by atoms with E-state index in [1.54, 1.807) is 24.3 Å². The van der Waals surface area contributed by atoms with Gasteiger partial charge in [-0.15, -0.1) is 9.03 Å². The molecule has 2 aromatic carbocycles. The summed E-state index contributed by atoms with van der Waals surface area (Å²) in [4.78, 5) is 0. The Balaban J connectivity index is 2.11. The van der Waals surface area contributed by atoms with Crippen LogP contribution in [-0.4, -0.2) is 0 Å². The fraction of sp³-hybridized carbons (Fsp3) is 0.143. The maximum atomic E-state index is 6.23. The summed E-state index contributed by atoms with van der Waals surface area (Å²) >= 11 is 24.9. The van der Waals surface area contributed by atoms with Crippen LogP contribution < -0.4 is 9.05 Å². The lowest BCUT2D eigenvalue weighted by Crippen LogP contribution is -2.00. The molecule has 0 aliphatic carbocycles. The van der Waals surface area contributed by atoms with Crippen molar-refractivity contribution in [3.8, 4) is 11.5 Å². The summed E-state index contributed by atoms with van der Waals surface area (Å²) in [5.41, 5.74) is 2.15. The normalized spacial score (nSPS) is 19.5. The highest BCUT2D eigenvalue weighted by Gasteiger charge is 2.38. The van der Waals surface area contributed by atoms with E-state index in [4.69, 9.17) is 54.0 Å². The number of halogens is 4. The Bertz CT molecular complexity index is 922. The van der Waals surface area contributed by atoms with Gasteiger partial charge in [0.1, 0.15) is 11.5 Å². The number of benzene rings is 2. The van der Waals surface area contributed by atoms with Gasteiger partial charge < -0.3 is 9.05 Å². The topological polar surface area (TPSA) is 55.5 Å². The Hall–Kier alpha value is -0.110. The molecule has 3 rings (SSSR count). The van der Waals surface area contributed by atoms with Gasteiger partial charge in [0, 0.05) is 0 Å². The van der Waals surface area contributed by atoms with Crippen LogP contribution in [0.15, 0.2) is 62.1 Å². The lowest BCUT2D eigenvalue weighted by atomic mass is 10.2. The van der Waals surface area contributed by atoms with Crippen molar-refractivity contribution >= 4 is 64.4 Å². The fourth-order valence-electron chi connectivity index (χ4n) is 2.02. The first kappa shape index (κ1) is 20.6. The van der Waals surface area contributed by atoms with Gasteiger partial charge in [0.2, 0.25) is 0 Å². The molecule has 12 heteroatoms. The maximum absolute atomic E-state index is 6.23. The van der Waals surface area contributed by atoms with E-state index in [0.717, 1.165) is 11.1 Å². The SMILES string of the molecule is Cc1ccc(OP2(Oc3ccc(C)cc3)=NP(Cl)(Cl)=NP(Cl)(Cl)=N2)cc1. The van der Waals surface area contributed by atoms with Gasteiger partial charge in [-0.25, -0.2) is 0 Å². The van der Waals surface area contributed by atoms with E-state index >= 15 is 0 Å². The van der Waals surface area contributed by atoms with Crippen molar-refractivity contribution < 1.29 is 9.05 Å². The zero-order valence-corrected chi connectivity index (χ0v) is 19.3. The van der Waals surface area contributed by atoms with Gasteiger partial charge in [0.25, 0.3) is 11.8 Å². The van der Waals surface area contributed by atoms with Crippen LogP contribution in [0.1, 0.15) is 11.1 Å². The second-order valence-corrected chi connectivity index (χ2v) is 17.5. The summed E-state index contributed by atoms with van der Waals surface area (Å²) in [7, 11) is -3.38. The van der Waals surface area contributed by atoms with Crippen LogP contribution in [0.25, 0.3) is 0 Å². The summed E-state index contributed by atoms with van der Waals surface area (Å²) in [5, 5.41) is 0. The largest absolute Gasteiger partial charge is 0.453 e. The molecule has 0 N–H and O–H groups in total. The number of hydrogen-bond acceptors (Lipinski definition) is 5. The molecule has 0 bridgehead atoms. The van der Waals surface area contributed by atoms with Gasteiger partial charge in [-0.2, -0.15) is 4.52 Å². The van der Waals surface area contributed by atoms with E-state index in [1.165, 1.54) is 0 Å². The second kappa shape index (κ2) is 7.72. The van der Waals surface area contributed by atoms with Gasteiger partial charge in [0.05, 0.1) is 0 Å². The minimum Gasteiger partial charge on any atom is -0.414 e. The molecular weight excluding hydrogens is 477 g/mol. The molecule has 0 saturated carbocycles. The first-order valence-electron chi connectivity index (χ1n) is 7.29. The first-order chi connectivity index (χ1) is 12.1. The van der Waals surface area contributed by atoms with E-state index in [0.29, 0.717) is 11.5 Å².